The van der Waals surface area contributed by atoms with Gasteiger partial charge in [-0.25, -0.2) is 5.43 Å². The van der Waals surface area contributed by atoms with Crippen molar-refractivity contribution in [2.45, 2.75) is 20.0 Å². The number of aromatic nitrogens is 1. The van der Waals surface area contributed by atoms with Gasteiger partial charge in [0.15, 0.2) is 6.10 Å². The molecule has 0 saturated carbocycles. The minimum atomic E-state index is -1.28. The molecule has 0 aliphatic carbocycles. The normalized spacial score (nSPS) is 12.3. The van der Waals surface area contributed by atoms with Crippen LogP contribution in [0.5, 0.6) is 0 Å². The van der Waals surface area contributed by atoms with E-state index in [1.165, 1.54) is 6.21 Å². The van der Waals surface area contributed by atoms with Crippen molar-refractivity contribution in [2.24, 2.45) is 5.10 Å². The zero-order valence-corrected chi connectivity index (χ0v) is 16.9. The minimum Gasteiger partial charge on any atom is -0.378 e. The van der Waals surface area contributed by atoms with Gasteiger partial charge >= 0.3 is 0 Å². The topological polar surface area (TPSA) is 66.6 Å². The molecular weight excluding hydrogens is 397 g/mol. The summed E-state index contributed by atoms with van der Waals surface area (Å²) in [5, 5.41) is 15.2. The lowest BCUT2D eigenvalue weighted by Crippen LogP contribution is -2.25. The highest BCUT2D eigenvalue weighted by Crippen LogP contribution is 2.28. The Bertz CT molecular complexity index is 1030. The Morgan fingerprint density at radius 2 is 1.86 bits per heavy atom. The first kappa shape index (κ1) is 20.1. The molecule has 144 valence electrons. The number of carbonyl (C=O) groups excluding carboxylic acids is 1. The number of amides is 1. The predicted octanol–water partition coefficient (Wildman–Crippen LogP) is 4.58. The van der Waals surface area contributed by atoms with Gasteiger partial charge in [0, 0.05) is 22.0 Å². The number of aliphatic hydroxyl groups excluding tert-OH is 1. The molecule has 0 aliphatic rings. The van der Waals surface area contributed by atoms with Gasteiger partial charge in [-0.1, -0.05) is 53.5 Å². The van der Waals surface area contributed by atoms with Crippen molar-refractivity contribution in [3.8, 4) is 5.69 Å². The maximum absolute atomic E-state index is 12.1. The van der Waals surface area contributed by atoms with Gasteiger partial charge in [-0.05, 0) is 43.7 Å². The second-order valence-corrected chi connectivity index (χ2v) is 7.15. The number of hydrogen-bond acceptors (Lipinski definition) is 3. The largest absolute Gasteiger partial charge is 0.378 e. The molecule has 3 rings (SSSR count). The number of hydrogen-bond donors (Lipinski definition) is 2. The summed E-state index contributed by atoms with van der Waals surface area (Å²) in [6.07, 6.45) is 0.261. The molecule has 0 saturated heterocycles. The minimum absolute atomic E-state index is 0.505. The smallest absolute Gasteiger partial charge is 0.273 e. The van der Waals surface area contributed by atoms with E-state index in [9.17, 15) is 9.90 Å². The number of hydrazone groups is 1. The second kappa shape index (κ2) is 8.61. The summed E-state index contributed by atoms with van der Waals surface area (Å²) in [6, 6.07) is 15.9. The second-order valence-electron chi connectivity index (χ2n) is 6.31. The highest BCUT2D eigenvalue weighted by molar-refractivity contribution is 6.35. The van der Waals surface area contributed by atoms with Gasteiger partial charge < -0.3 is 9.67 Å². The van der Waals surface area contributed by atoms with Crippen molar-refractivity contribution < 1.29 is 9.90 Å². The van der Waals surface area contributed by atoms with Gasteiger partial charge in [-0.3, -0.25) is 4.79 Å². The molecule has 0 fully saturated rings. The average Bonchev–Trinajstić information content (AvgIpc) is 2.95. The molecule has 2 N–H and O–H groups in total. The van der Waals surface area contributed by atoms with E-state index in [1.807, 2.05) is 36.6 Å². The molecule has 1 amide bonds. The maximum atomic E-state index is 12.1. The standard InChI is InChI=1S/C21H19Cl2N3O2/c1-13-10-16(14(2)26(13)19-9-8-17(22)11-18(19)23)12-24-25-21(28)20(27)15-6-4-3-5-7-15/h3-12,20,27H,1-2H3,(H,25,28)/b24-12-/t20-/m1/s1. The van der Waals surface area contributed by atoms with Crippen LogP contribution in [0.4, 0.5) is 0 Å². The summed E-state index contributed by atoms with van der Waals surface area (Å²) in [5.41, 5.74) is 6.37. The molecule has 7 heteroatoms. The van der Waals surface area contributed by atoms with E-state index in [0.717, 1.165) is 22.6 Å². The summed E-state index contributed by atoms with van der Waals surface area (Å²) in [5.74, 6) is -0.600. The molecule has 1 atom stereocenters. The Morgan fingerprint density at radius 3 is 2.54 bits per heavy atom. The van der Waals surface area contributed by atoms with Crippen LogP contribution in [0.25, 0.3) is 5.69 Å². The molecule has 0 radical (unpaired) electrons. The fourth-order valence-corrected chi connectivity index (χ4v) is 3.46. The van der Waals surface area contributed by atoms with Crippen LogP contribution >= 0.6 is 23.2 Å². The number of aryl methyl sites for hydroxylation is 1. The van der Waals surface area contributed by atoms with Gasteiger partial charge in [-0.2, -0.15) is 5.10 Å². The zero-order chi connectivity index (χ0) is 20.3. The molecule has 28 heavy (non-hydrogen) atoms. The third-order valence-corrected chi connectivity index (χ3v) is 4.90. The highest BCUT2D eigenvalue weighted by atomic mass is 35.5. The van der Waals surface area contributed by atoms with Crippen LogP contribution in [0.1, 0.15) is 28.6 Å². The van der Waals surface area contributed by atoms with Crippen molar-refractivity contribution in [3.05, 3.63) is 87.2 Å². The summed E-state index contributed by atoms with van der Waals surface area (Å²) in [7, 11) is 0. The number of nitrogens with one attached hydrogen (secondary N) is 1. The first-order chi connectivity index (χ1) is 13.4. The summed E-state index contributed by atoms with van der Waals surface area (Å²) in [4.78, 5) is 12.1. The fourth-order valence-electron chi connectivity index (χ4n) is 2.96. The Kier molecular flexibility index (Phi) is 6.19. The van der Waals surface area contributed by atoms with Crippen LogP contribution in [0, 0.1) is 13.8 Å². The molecule has 2 aromatic carbocycles. The number of halogens is 2. The molecule has 1 heterocycles. The molecule has 0 aliphatic heterocycles. The van der Waals surface area contributed by atoms with Crippen LogP contribution < -0.4 is 5.43 Å². The van der Waals surface area contributed by atoms with E-state index >= 15 is 0 Å². The first-order valence-electron chi connectivity index (χ1n) is 8.59. The Labute approximate surface area is 173 Å². The number of rotatable bonds is 5. The van der Waals surface area contributed by atoms with Crippen molar-refractivity contribution in [3.63, 3.8) is 0 Å². The SMILES string of the molecule is Cc1cc(/C=N\NC(=O)[C@H](O)c2ccccc2)c(C)n1-c1ccc(Cl)cc1Cl. The van der Waals surface area contributed by atoms with Crippen molar-refractivity contribution in [1.82, 2.24) is 9.99 Å². The molecular formula is C21H19Cl2N3O2. The molecule has 0 bridgehead atoms. The lowest BCUT2D eigenvalue weighted by atomic mass is 10.1. The van der Waals surface area contributed by atoms with Crippen LogP contribution in [0.3, 0.4) is 0 Å². The third-order valence-electron chi connectivity index (χ3n) is 4.36. The van der Waals surface area contributed by atoms with Gasteiger partial charge in [0.2, 0.25) is 0 Å². The highest BCUT2D eigenvalue weighted by Gasteiger charge is 2.16. The van der Waals surface area contributed by atoms with E-state index in [1.54, 1.807) is 36.4 Å². The predicted molar refractivity (Wildman–Crippen MR) is 112 cm³/mol. The van der Waals surface area contributed by atoms with E-state index in [-0.39, 0.29) is 0 Å². The van der Waals surface area contributed by atoms with Crippen LogP contribution in [0.2, 0.25) is 10.0 Å². The summed E-state index contributed by atoms with van der Waals surface area (Å²) < 4.78 is 1.99. The first-order valence-corrected chi connectivity index (χ1v) is 9.34. The summed E-state index contributed by atoms with van der Waals surface area (Å²) in [6.45, 7) is 3.88. The average molecular weight is 416 g/mol. The van der Waals surface area contributed by atoms with Gasteiger partial charge in [0.05, 0.1) is 16.9 Å². The summed E-state index contributed by atoms with van der Waals surface area (Å²) >= 11 is 12.3. The Morgan fingerprint density at radius 1 is 1.14 bits per heavy atom. The molecule has 5 nitrogen and oxygen atoms in total. The lowest BCUT2D eigenvalue weighted by molar-refractivity contribution is -0.129. The molecule has 0 unspecified atom stereocenters. The van der Waals surface area contributed by atoms with Crippen LogP contribution in [-0.4, -0.2) is 21.8 Å². The molecule has 1 aromatic heterocycles. The van der Waals surface area contributed by atoms with E-state index in [4.69, 9.17) is 23.2 Å². The Hall–Kier alpha value is -2.60. The van der Waals surface area contributed by atoms with Gasteiger partial charge in [0.25, 0.3) is 5.91 Å². The Balaban J connectivity index is 1.77. The van der Waals surface area contributed by atoms with Crippen molar-refractivity contribution in [1.29, 1.82) is 0 Å². The molecule has 0 spiro atoms. The fraction of sp³-hybridized carbons (Fsp3) is 0.143. The van der Waals surface area contributed by atoms with Gasteiger partial charge in [-0.15, -0.1) is 0 Å². The monoisotopic (exact) mass is 415 g/mol. The van der Waals surface area contributed by atoms with E-state index in [2.05, 4.69) is 10.5 Å². The maximum Gasteiger partial charge on any atom is 0.273 e. The lowest BCUT2D eigenvalue weighted by Gasteiger charge is -2.11. The zero-order valence-electron chi connectivity index (χ0n) is 15.4. The quantitative estimate of drug-likeness (QED) is 0.472. The van der Waals surface area contributed by atoms with Crippen LogP contribution in [0.15, 0.2) is 59.7 Å². The third kappa shape index (κ3) is 4.28. The number of aliphatic hydroxyl groups is 1. The number of carbonyl (C=O) groups is 1. The molecule has 3 aromatic rings. The van der Waals surface area contributed by atoms with Gasteiger partial charge in [0.1, 0.15) is 0 Å². The van der Waals surface area contributed by atoms with Crippen molar-refractivity contribution in [2.75, 3.05) is 0 Å². The van der Waals surface area contributed by atoms with Crippen molar-refractivity contribution >= 4 is 35.3 Å². The van der Waals surface area contributed by atoms with Crippen LogP contribution in [-0.2, 0) is 4.79 Å². The number of nitrogens with zero attached hydrogens (tertiary/aromatic N) is 2. The number of benzene rings is 2. The van der Waals surface area contributed by atoms with E-state index in [0.29, 0.717) is 15.6 Å². The van der Waals surface area contributed by atoms with E-state index < -0.39 is 12.0 Å².